The van der Waals surface area contributed by atoms with Crippen LogP contribution >= 0.6 is 0 Å². The molecule has 0 aliphatic heterocycles. The predicted octanol–water partition coefficient (Wildman–Crippen LogP) is 3.82. The van der Waals surface area contributed by atoms with Crippen LogP contribution in [-0.4, -0.2) is 25.5 Å². The number of hydrogen-bond donors (Lipinski definition) is 1. The Balaban J connectivity index is 1.83. The largest absolute Gasteiger partial charge is 0.358 e. The number of nitrogens with zero attached hydrogens (tertiary/aromatic N) is 3. The molecule has 4 aromatic rings. The number of carbonyl (C=O) groups excluding carboxylic acids is 1. The number of H-pyrrole nitrogens is 1. The molecule has 0 atom stereocenters. The highest BCUT2D eigenvalue weighted by Gasteiger charge is 2.24. The highest BCUT2D eigenvalue weighted by molar-refractivity contribution is 6.13. The summed E-state index contributed by atoms with van der Waals surface area (Å²) in [7, 11) is 0. The highest BCUT2D eigenvalue weighted by atomic mass is 16.6. The summed E-state index contributed by atoms with van der Waals surface area (Å²) in [6, 6.07) is 18.3. The van der Waals surface area contributed by atoms with Gasteiger partial charge >= 0.3 is 5.82 Å². The second kappa shape index (κ2) is 6.29. The molecule has 128 valence electrons. The molecule has 0 spiro atoms. The Kier molecular flexibility index (Phi) is 3.81. The Morgan fingerprint density at radius 1 is 1.08 bits per heavy atom. The van der Waals surface area contributed by atoms with Crippen LogP contribution < -0.4 is 0 Å². The van der Waals surface area contributed by atoms with E-state index in [-0.39, 0.29) is 18.1 Å². The number of para-hydroxylation sites is 1. The quantitative estimate of drug-likeness (QED) is 0.338. The van der Waals surface area contributed by atoms with Gasteiger partial charge in [-0.1, -0.05) is 53.6 Å². The molecule has 0 saturated heterocycles. The van der Waals surface area contributed by atoms with E-state index in [0.29, 0.717) is 11.3 Å². The summed E-state index contributed by atoms with van der Waals surface area (Å²) in [5, 5.41) is 15.8. The van der Waals surface area contributed by atoms with Crippen molar-refractivity contribution in [2.24, 2.45) is 0 Å². The number of carbonyl (C=O) groups is 1. The van der Waals surface area contributed by atoms with Crippen molar-refractivity contribution < 1.29 is 9.72 Å². The summed E-state index contributed by atoms with van der Waals surface area (Å²) in [6.45, 7) is -0.203. The minimum atomic E-state index is -0.548. The van der Waals surface area contributed by atoms with Crippen LogP contribution in [0.3, 0.4) is 0 Å². The zero-order valence-corrected chi connectivity index (χ0v) is 13.6. The normalized spacial score (nSPS) is 10.9. The molecule has 0 fully saturated rings. The maximum Gasteiger partial charge on any atom is 0.345 e. The number of hydrogen-bond acceptors (Lipinski definition) is 4. The van der Waals surface area contributed by atoms with Gasteiger partial charge in [0.1, 0.15) is 0 Å². The third-order valence-corrected chi connectivity index (χ3v) is 4.22. The number of ketones is 1. The second-order valence-electron chi connectivity index (χ2n) is 5.81. The molecule has 7 heteroatoms. The molecule has 1 N–H and O–H groups in total. The van der Waals surface area contributed by atoms with Crippen LogP contribution in [0.5, 0.6) is 0 Å². The SMILES string of the molecule is O=C(Cn1nccc1[N+](=O)[O-])c1c(-c2ccccc2)[nH]c2ccccc12. The molecule has 2 aromatic heterocycles. The van der Waals surface area contributed by atoms with Gasteiger partial charge in [0, 0.05) is 10.9 Å². The smallest absolute Gasteiger partial charge is 0.345 e. The molecule has 0 bridgehead atoms. The third kappa shape index (κ3) is 2.65. The number of nitro groups is 1. The maximum absolute atomic E-state index is 13.1. The van der Waals surface area contributed by atoms with Gasteiger partial charge in [0.15, 0.2) is 6.54 Å². The van der Waals surface area contributed by atoms with E-state index >= 15 is 0 Å². The first-order valence-corrected chi connectivity index (χ1v) is 8.00. The number of Topliss-reactive ketones (excluding diaryl/α,β-unsaturated/α-hetero) is 1. The van der Waals surface area contributed by atoms with Crippen LogP contribution in [0.2, 0.25) is 0 Å². The van der Waals surface area contributed by atoms with Gasteiger partial charge in [0.25, 0.3) is 0 Å². The van der Waals surface area contributed by atoms with E-state index in [1.807, 2.05) is 54.6 Å². The van der Waals surface area contributed by atoms with E-state index in [9.17, 15) is 14.9 Å². The molecule has 0 saturated carbocycles. The number of rotatable bonds is 5. The summed E-state index contributed by atoms with van der Waals surface area (Å²) in [4.78, 5) is 26.9. The summed E-state index contributed by atoms with van der Waals surface area (Å²) >= 11 is 0. The zero-order valence-electron chi connectivity index (χ0n) is 13.6. The van der Waals surface area contributed by atoms with Gasteiger partial charge in [-0.15, -0.1) is 4.68 Å². The van der Waals surface area contributed by atoms with Gasteiger partial charge in [0.2, 0.25) is 5.78 Å². The molecule has 0 radical (unpaired) electrons. The van der Waals surface area contributed by atoms with Crippen molar-refractivity contribution in [3.05, 3.63) is 82.5 Å². The Morgan fingerprint density at radius 3 is 2.58 bits per heavy atom. The number of fused-ring (bicyclic) bond motifs is 1. The minimum absolute atomic E-state index is 0.203. The van der Waals surface area contributed by atoms with Crippen molar-refractivity contribution in [2.75, 3.05) is 0 Å². The fourth-order valence-corrected chi connectivity index (χ4v) is 3.07. The highest BCUT2D eigenvalue weighted by Crippen LogP contribution is 2.31. The molecule has 7 nitrogen and oxygen atoms in total. The lowest BCUT2D eigenvalue weighted by atomic mass is 10.0. The molecule has 0 aliphatic rings. The lowest BCUT2D eigenvalue weighted by Gasteiger charge is -2.04. The fourth-order valence-electron chi connectivity index (χ4n) is 3.07. The average molecular weight is 346 g/mol. The van der Waals surface area contributed by atoms with Crippen LogP contribution in [0.1, 0.15) is 10.4 Å². The number of nitrogens with one attached hydrogen (secondary N) is 1. The van der Waals surface area contributed by atoms with Crippen molar-refractivity contribution in [3.8, 4) is 11.3 Å². The fraction of sp³-hybridized carbons (Fsp3) is 0.0526. The molecular formula is C19H14N4O3. The first-order valence-electron chi connectivity index (χ1n) is 8.00. The molecule has 4 rings (SSSR count). The molecular weight excluding hydrogens is 332 g/mol. The first-order chi connectivity index (χ1) is 12.6. The van der Waals surface area contributed by atoms with Crippen molar-refractivity contribution in [1.29, 1.82) is 0 Å². The van der Waals surface area contributed by atoms with Crippen molar-refractivity contribution in [1.82, 2.24) is 14.8 Å². The average Bonchev–Trinajstić information content (AvgIpc) is 3.26. The maximum atomic E-state index is 13.1. The summed E-state index contributed by atoms with van der Waals surface area (Å²) in [5.74, 6) is -0.451. The summed E-state index contributed by atoms with van der Waals surface area (Å²) < 4.78 is 1.11. The Bertz CT molecular complexity index is 1110. The third-order valence-electron chi connectivity index (χ3n) is 4.22. The van der Waals surface area contributed by atoms with E-state index < -0.39 is 4.92 Å². The number of aromatic amines is 1. The molecule has 2 aromatic carbocycles. The Hall–Kier alpha value is -3.74. The molecule has 0 aliphatic carbocycles. The molecule has 0 amide bonds. The number of aromatic nitrogens is 3. The van der Waals surface area contributed by atoms with Gasteiger partial charge in [-0.25, -0.2) is 0 Å². The van der Waals surface area contributed by atoms with E-state index in [0.717, 1.165) is 21.1 Å². The van der Waals surface area contributed by atoms with E-state index in [1.54, 1.807) is 0 Å². The standard InChI is InChI=1S/C19H14N4O3/c24-16(12-22-17(23(25)26)10-11-20-22)18-14-8-4-5-9-15(14)21-19(18)13-6-2-1-3-7-13/h1-11,21H,12H2. The minimum Gasteiger partial charge on any atom is -0.358 e. The van der Waals surface area contributed by atoms with Gasteiger partial charge in [-0.05, 0) is 16.6 Å². The van der Waals surface area contributed by atoms with Crippen molar-refractivity contribution >= 4 is 22.5 Å². The zero-order chi connectivity index (χ0) is 18.1. The van der Waals surface area contributed by atoms with Gasteiger partial charge < -0.3 is 15.1 Å². The summed E-state index contributed by atoms with van der Waals surface area (Å²) in [6.07, 6.45) is 1.32. The Labute approximate surface area is 148 Å². The van der Waals surface area contributed by atoms with Crippen LogP contribution in [0, 0.1) is 10.1 Å². The van der Waals surface area contributed by atoms with Crippen LogP contribution in [0.4, 0.5) is 5.82 Å². The monoisotopic (exact) mass is 346 g/mol. The topological polar surface area (TPSA) is 93.8 Å². The van der Waals surface area contributed by atoms with Gasteiger partial charge in [-0.2, -0.15) is 0 Å². The molecule has 0 unspecified atom stereocenters. The molecule has 2 heterocycles. The van der Waals surface area contributed by atoms with E-state index in [1.165, 1.54) is 12.3 Å². The second-order valence-corrected chi connectivity index (χ2v) is 5.81. The first kappa shape index (κ1) is 15.8. The van der Waals surface area contributed by atoms with Crippen molar-refractivity contribution in [3.63, 3.8) is 0 Å². The lowest BCUT2D eigenvalue weighted by molar-refractivity contribution is -0.392. The number of benzene rings is 2. The van der Waals surface area contributed by atoms with Crippen LogP contribution in [0.25, 0.3) is 22.2 Å². The summed E-state index contributed by atoms with van der Waals surface area (Å²) in [5.41, 5.74) is 2.93. The van der Waals surface area contributed by atoms with E-state index in [4.69, 9.17) is 0 Å². The van der Waals surface area contributed by atoms with Gasteiger partial charge in [0.05, 0.1) is 23.5 Å². The van der Waals surface area contributed by atoms with Crippen molar-refractivity contribution in [2.45, 2.75) is 6.54 Å². The Morgan fingerprint density at radius 2 is 1.81 bits per heavy atom. The van der Waals surface area contributed by atoms with E-state index in [2.05, 4.69) is 10.1 Å². The lowest BCUT2D eigenvalue weighted by Crippen LogP contribution is -2.14. The predicted molar refractivity (Wildman–Crippen MR) is 96.9 cm³/mol. The molecule has 26 heavy (non-hydrogen) atoms. The van der Waals surface area contributed by atoms with Gasteiger partial charge in [-0.3, -0.25) is 4.79 Å². The van der Waals surface area contributed by atoms with Crippen LogP contribution in [-0.2, 0) is 6.54 Å². The van der Waals surface area contributed by atoms with Crippen LogP contribution in [0.15, 0.2) is 66.9 Å².